The zero-order chi connectivity index (χ0) is 29.1. The topological polar surface area (TPSA) is 75.6 Å². The fourth-order valence-electron chi connectivity index (χ4n) is 4.88. The first-order valence-electron chi connectivity index (χ1n) is 13.9. The van der Waals surface area contributed by atoms with Crippen molar-refractivity contribution in [3.63, 3.8) is 0 Å². The Labute approximate surface area is 251 Å². The molecule has 2 heterocycles. The number of piperazine rings is 1. The number of aromatic nitrogens is 2. The smallest absolute Gasteiger partial charge is 0.243 e. The van der Waals surface area contributed by atoms with E-state index in [-0.39, 0.29) is 0 Å². The van der Waals surface area contributed by atoms with Crippen molar-refractivity contribution in [2.45, 2.75) is 25.2 Å². The maximum atomic E-state index is 13.3. The summed E-state index contributed by atoms with van der Waals surface area (Å²) in [6, 6.07) is 31.3. The Hall–Kier alpha value is -4.05. The summed E-state index contributed by atoms with van der Waals surface area (Å²) < 4.78 is 38.7. The van der Waals surface area contributed by atoms with Gasteiger partial charge in [-0.3, -0.25) is 0 Å². The lowest BCUT2D eigenvalue weighted by atomic mass is 10.0. The molecule has 4 aromatic carbocycles. The van der Waals surface area contributed by atoms with E-state index in [0.717, 1.165) is 39.1 Å². The van der Waals surface area contributed by atoms with Gasteiger partial charge in [0.1, 0.15) is 17.3 Å². The van der Waals surface area contributed by atoms with Crippen LogP contribution in [0.3, 0.4) is 0 Å². The van der Waals surface area contributed by atoms with Crippen molar-refractivity contribution in [3.8, 4) is 22.6 Å². The normalized spacial score (nSPS) is 14.2. The molecule has 214 valence electrons. The standard InChI is InChI=1S/C33H32N4O3S2/c1-24-3-9-27(10-4-24)28-11-17-31(18-12-28)42(38,39)37-21-19-36(20-22-37)33-34-32(35-41-33)23-26-7-15-30(16-8-26)40-29-13-5-25(2)6-14-29/h3-18H,19-23H2,1-2H3. The Balaban J connectivity index is 1.03. The number of rotatable bonds is 8. The first-order chi connectivity index (χ1) is 20.3. The van der Waals surface area contributed by atoms with Crippen LogP contribution < -0.4 is 9.64 Å². The molecule has 0 radical (unpaired) electrons. The molecule has 0 amide bonds. The van der Waals surface area contributed by atoms with Crippen LogP contribution in [0.15, 0.2) is 102 Å². The number of nitrogens with zero attached hydrogens (tertiary/aromatic N) is 4. The van der Waals surface area contributed by atoms with Crippen molar-refractivity contribution in [3.05, 3.63) is 120 Å². The molecule has 1 saturated heterocycles. The Morgan fingerprint density at radius 1 is 0.714 bits per heavy atom. The third-order valence-electron chi connectivity index (χ3n) is 7.39. The molecule has 1 aliphatic rings. The minimum absolute atomic E-state index is 0.320. The van der Waals surface area contributed by atoms with Crippen LogP contribution in [-0.2, 0) is 16.4 Å². The van der Waals surface area contributed by atoms with Crippen LogP contribution in [0.1, 0.15) is 22.5 Å². The molecule has 0 bridgehead atoms. The van der Waals surface area contributed by atoms with Crippen LogP contribution in [0.4, 0.5) is 5.13 Å². The highest BCUT2D eigenvalue weighted by atomic mass is 32.2. The van der Waals surface area contributed by atoms with Gasteiger partial charge in [0.25, 0.3) is 0 Å². The largest absolute Gasteiger partial charge is 0.457 e. The van der Waals surface area contributed by atoms with E-state index in [1.165, 1.54) is 22.7 Å². The summed E-state index contributed by atoms with van der Waals surface area (Å²) in [5, 5.41) is 0.823. The van der Waals surface area contributed by atoms with Crippen molar-refractivity contribution < 1.29 is 13.2 Å². The van der Waals surface area contributed by atoms with Gasteiger partial charge in [-0.15, -0.1) is 0 Å². The fourth-order valence-corrected chi connectivity index (χ4v) is 7.04. The average Bonchev–Trinajstić information content (AvgIpc) is 3.48. The van der Waals surface area contributed by atoms with Crippen molar-refractivity contribution >= 4 is 26.7 Å². The van der Waals surface area contributed by atoms with Gasteiger partial charge in [0.15, 0.2) is 0 Å². The second-order valence-corrected chi connectivity index (χ2v) is 13.2. The first-order valence-corrected chi connectivity index (χ1v) is 16.1. The van der Waals surface area contributed by atoms with Crippen LogP contribution in [0, 0.1) is 13.8 Å². The zero-order valence-electron chi connectivity index (χ0n) is 23.6. The molecule has 0 N–H and O–H groups in total. The molecule has 42 heavy (non-hydrogen) atoms. The van der Waals surface area contributed by atoms with E-state index >= 15 is 0 Å². The predicted octanol–water partition coefficient (Wildman–Crippen LogP) is 6.72. The van der Waals surface area contributed by atoms with E-state index in [2.05, 4.69) is 40.5 Å². The van der Waals surface area contributed by atoms with Gasteiger partial charge in [-0.1, -0.05) is 71.8 Å². The maximum Gasteiger partial charge on any atom is 0.243 e. The number of hydrogen-bond acceptors (Lipinski definition) is 7. The minimum Gasteiger partial charge on any atom is -0.457 e. The monoisotopic (exact) mass is 596 g/mol. The number of benzene rings is 4. The van der Waals surface area contributed by atoms with Crippen molar-refractivity contribution in [1.29, 1.82) is 0 Å². The van der Waals surface area contributed by atoms with Crippen LogP contribution >= 0.6 is 11.5 Å². The average molecular weight is 597 g/mol. The van der Waals surface area contributed by atoms with E-state index in [1.807, 2.05) is 67.6 Å². The van der Waals surface area contributed by atoms with Crippen LogP contribution in [0.25, 0.3) is 11.1 Å². The van der Waals surface area contributed by atoms with E-state index in [1.54, 1.807) is 16.4 Å². The molecule has 1 aromatic heterocycles. The van der Waals surface area contributed by atoms with Crippen LogP contribution in [-0.4, -0.2) is 48.3 Å². The van der Waals surface area contributed by atoms with E-state index in [9.17, 15) is 8.42 Å². The molecule has 0 unspecified atom stereocenters. The number of hydrogen-bond donors (Lipinski definition) is 0. The lowest BCUT2D eigenvalue weighted by Gasteiger charge is -2.33. The van der Waals surface area contributed by atoms with Crippen LogP contribution in [0.5, 0.6) is 11.5 Å². The Bertz CT molecular complexity index is 1740. The number of aryl methyl sites for hydroxylation is 2. The molecule has 0 atom stereocenters. The highest BCUT2D eigenvalue weighted by Gasteiger charge is 2.29. The molecule has 7 nitrogen and oxygen atoms in total. The second-order valence-electron chi connectivity index (χ2n) is 10.5. The van der Waals surface area contributed by atoms with Gasteiger partial charge in [-0.05, 0) is 66.9 Å². The van der Waals surface area contributed by atoms with E-state index in [0.29, 0.717) is 37.5 Å². The molecular weight excluding hydrogens is 565 g/mol. The predicted molar refractivity (Wildman–Crippen MR) is 168 cm³/mol. The van der Waals surface area contributed by atoms with Gasteiger partial charge < -0.3 is 9.64 Å². The molecule has 1 fully saturated rings. The Kier molecular flexibility index (Phi) is 8.06. The summed E-state index contributed by atoms with van der Waals surface area (Å²) in [6.07, 6.45) is 0.619. The molecule has 0 aliphatic carbocycles. The maximum absolute atomic E-state index is 13.3. The number of ether oxygens (including phenoxy) is 1. The summed E-state index contributed by atoms with van der Waals surface area (Å²) in [6.45, 7) is 6.04. The third kappa shape index (κ3) is 6.38. The van der Waals surface area contributed by atoms with E-state index < -0.39 is 10.0 Å². The number of sulfonamides is 1. The van der Waals surface area contributed by atoms with Gasteiger partial charge in [-0.2, -0.15) is 8.68 Å². The van der Waals surface area contributed by atoms with Crippen molar-refractivity contribution in [1.82, 2.24) is 13.7 Å². The molecule has 0 spiro atoms. The van der Waals surface area contributed by atoms with E-state index in [4.69, 9.17) is 9.72 Å². The quantitative estimate of drug-likeness (QED) is 0.198. The van der Waals surface area contributed by atoms with Crippen molar-refractivity contribution in [2.24, 2.45) is 0 Å². The minimum atomic E-state index is -3.57. The number of anilines is 1. The molecule has 5 aromatic rings. The molecule has 9 heteroatoms. The van der Waals surface area contributed by atoms with Gasteiger partial charge >= 0.3 is 0 Å². The summed E-state index contributed by atoms with van der Waals surface area (Å²) >= 11 is 1.36. The molecule has 1 aliphatic heterocycles. The highest BCUT2D eigenvalue weighted by Crippen LogP contribution is 2.27. The van der Waals surface area contributed by atoms with Gasteiger partial charge in [-0.25, -0.2) is 13.4 Å². The summed E-state index contributed by atoms with van der Waals surface area (Å²) in [5.74, 6) is 2.35. The molecular formula is C33H32N4O3S2. The third-order valence-corrected chi connectivity index (χ3v) is 10.1. The van der Waals surface area contributed by atoms with Crippen molar-refractivity contribution in [2.75, 3.05) is 31.1 Å². The summed E-state index contributed by atoms with van der Waals surface area (Å²) in [4.78, 5) is 7.19. The summed E-state index contributed by atoms with van der Waals surface area (Å²) in [5.41, 5.74) is 5.55. The summed E-state index contributed by atoms with van der Waals surface area (Å²) in [7, 11) is -3.57. The second kappa shape index (κ2) is 12.1. The SMILES string of the molecule is Cc1ccc(Oc2ccc(Cc3nsc(N4CCN(S(=O)(=O)c5ccc(-c6ccc(C)cc6)cc5)CC4)n3)cc2)cc1. The first kappa shape index (κ1) is 28.1. The van der Waals surface area contributed by atoms with Gasteiger partial charge in [0, 0.05) is 44.1 Å². The molecule has 6 rings (SSSR count). The Morgan fingerprint density at radius 2 is 1.24 bits per heavy atom. The Morgan fingerprint density at radius 3 is 1.83 bits per heavy atom. The lowest BCUT2D eigenvalue weighted by molar-refractivity contribution is 0.384. The lowest BCUT2D eigenvalue weighted by Crippen LogP contribution is -2.48. The van der Waals surface area contributed by atoms with Gasteiger partial charge in [0.2, 0.25) is 15.2 Å². The van der Waals surface area contributed by atoms with Gasteiger partial charge in [0.05, 0.1) is 4.90 Å². The zero-order valence-corrected chi connectivity index (χ0v) is 25.2. The highest BCUT2D eigenvalue weighted by molar-refractivity contribution is 7.89. The van der Waals surface area contributed by atoms with Crippen LogP contribution in [0.2, 0.25) is 0 Å². The molecule has 0 saturated carbocycles. The fraction of sp³-hybridized carbons (Fsp3) is 0.212.